The second-order valence-corrected chi connectivity index (χ2v) is 7.85. The highest BCUT2D eigenvalue weighted by atomic mass is 32.2. The molecule has 138 valence electrons. The fraction of sp³-hybridized carbons (Fsp3) is 0.294. The first-order chi connectivity index (χ1) is 12.3. The molecule has 0 aromatic heterocycles. The Morgan fingerprint density at radius 1 is 1.12 bits per heavy atom. The van der Waals surface area contributed by atoms with Gasteiger partial charge in [-0.05, 0) is 24.6 Å². The fourth-order valence-corrected chi connectivity index (χ4v) is 4.03. The van der Waals surface area contributed by atoms with E-state index in [1.165, 1.54) is 41.7 Å². The van der Waals surface area contributed by atoms with E-state index < -0.39 is 21.0 Å². The predicted octanol–water partition coefficient (Wildman–Crippen LogP) is 2.75. The molecule has 8 nitrogen and oxygen atoms in total. The lowest BCUT2D eigenvalue weighted by atomic mass is 10.1. The Hall–Kier alpha value is -2.65. The number of hydrogen-bond acceptors (Lipinski definition) is 6. The molecule has 0 saturated carbocycles. The molecule has 1 heterocycles. The number of hydrogen-bond donors (Lipinski definition) is 0. The number of sulfonamides is 1. The Labute approximate surface area is 151 Å². The maximum Gasteiger partial charge on any atom is 0.269 e. The van der Waals surface area contributed by atoms with Crippen LogP contribution in [-0.4, -0.2) is 37.9 Å². The fourth-order valence-electron chi connectivity index (χ4n) is 2.67. The second-order valence-electron chi connectivity index (χ2n) is 5.85. The van der Waals surface area contributed by atoms with Crippen molar-refractivity contribution in [2.24, 2.45) is 0 Å². The molecule has 0 radical (unpaired) electrons. The van der Waals surface area contributed by atoms with E-state index in [1.807, 2.05) is 0 Å². The van der Waals surface area contributed by atoms with Gasteiger partial charge in [-0.15, -0.1) is 0 Å². The number of rotatable bonds is 5. The van der Waals surface area contributed by atoms with Crippen molar-refractivity contribution in [3.63, 3.8) is 0 Å². The van der Waals surface area contributed by atoms with Gasteiger partial charge in [0.05, 0.1) is 9.82 Å². The number of benzene rings is 2. The highest BCUT2D eigenvalue weighted by Crippen LogP contribution is 2.34. The van der Waals surface area contributed by atoms with Gasteiger partial charge in [0.15, 0.2) is 11.5 Å². The molecule has 1 atom stereocenters. The summed E-state index contributed by atoms with van der Waals surface area (Å²) in [5.41, 5.74) is 0.447. The maximum absolute atomic E-state index is 12.9. The predicted molar refractivity (Wildman–Crippen MR) is 93.9 cm³/mol. The number of nitro benzene ring substituents is 1. The number of nitro groups is 1. The van der Waals surface area contributed by atoms with Crippen molar-refractivity contribution in [2.75, 3.05) is 20.3 Å². The van der Waals surface area contributed by atoms with Crippen molar-refractivity contribution in [1.29, 1.82) is 0 Å². The van der Waals surface area contributed by atoms with Crippen LogP contribution in [0, 0.1) is 10.1 Å². The minimum atomic E-state index is -3.83. The van der Waals surface area contributed by atoms with E-state index >= 15 is 0 Å². The summed E-state index contributed by atoms with van der Waals surface area (Å²) in [5, 5.41) is 10.9. The van der Waals surface area contributed by atoms with Gasteiger partial charge in [0.2, 0.25) is 10.0 Å². The standard InChI is InChI=1S/C17H18N2O6S/c1-12(13-4-3-5-14(10-13)19(20)21)18(2)26(22,23)15-6-7-16-17(11-15)25-9-8-24-16/h3-7,10-12H,8-9H2,1-2H3/t12-/m1/s1. The number of ether oxygens (including phenoxy) is 2. The second kappa shape index (κ2) is 6.93. The van der Waals surface area contributed by atoms with E-state index in [0.717, 1.165) is 0 Å². The Balaban J connectivity index is 1.91. The van der Waals surface area contributed by atoms with Crippen molar-refractivity contribution >= 4 is 15.7 Å². The third-order valence-electron chi connectivity index (χ3n) is 4.30. The zero-order valence-corrected chi connectivity index (χ0v) is 15.1. The van der Waals surface area contributed by atoms with Crippen LogP contribution in [0.2, 0.25) is 0 Å². The van der Waals surface area contributed by atoms with E-state index in [2.05, 4.69) is 0 Å². The third kappa shape index (κ3) is 3.35. The molecule has 0 N–H and O–H groups in total. The van der Waals surface area contributed by atoms with Crippen molar-refractivity contribution in [3.05, 3.63) is 58.1 Å². The molecule has 0 unspecified atom stereocenters. The van der Waals surface area contributed by atoms with Crippen LogP contribution < -0.4 is 9.47 Å². The van der Waals surface area contributed by atoms with Crippen LogP contribution in [0.3, 0.4) is 0 Å². The van der Waals surface area contributed by atoms with Gasteiger partial charge in [-0.25, -0.2) is 8.42 Å². The Kier molecular flexibility index (Phi) is 4.84. The van der Waals surface area contributed by atoms with Crippen molar-refractivity contribution in [2.45, 2.75) is 17.9 Å². The molecule has 0 saturated heterocycles. The molecule has 0 aliphatic carbocycles. The first-order valence-corrected chi connectivity index (χ1v) is 9.37. The molecular formula is C17H18N2O6S. The van der Waals surface area contributed by atoms with Gasteiger partial charge >= 0.3 is 0 Å². The highest BCUT2D eigenvalue weighted by molar-refractivity contribution is 7.89. The molecule has 2 aromatic carbocycles. The van der Waals surface area contributed by atoms with Gasteiger partial charge in [0, 0.05) is 31.3 Å². The number of fused-ring (bicyclic) bond motifs is 1. The first-order valence-electron chi connectivity index (χ1n) is 7.93. The minimum absolute atomic E-state index is 0.0709. The molecule has 2 aromatic rings. The van der Waals surface area contributed by atoms with Gasteiger partial charge < -0.3 is 9.47 Å². The quantitative estimate of drug-likeness (QED) is 0.586. The summed E-state index contributed by atoms with van der Waals surface area (Å²) < 4.78 is 37.9. The van der Waals surface area contributed by atoms with Crippen LogP contribution in [0.25, 0.3) is 0 Å². The molecule has 0 fully saturated rings. The van der Waals surface area contributed by atoms with Crippen molar-refractivity contribution in [3.8, 4) is 11.5 Å². The topological polar surface area (TPSA) is 99.0 Å². The van der Waals surface area contributed by atoms with E-state index in [4.69, 9.17) is 9.47 Å². The summed E-state index contributed by atoms with van der Waals surface area (Å²) in [6.45, 7) is 2.45. The molecular weight excluding hydrogens is 360 g/mol. The van der Waals surface area contributed by atoms with Crippen LogP contribution in [0.1, 0.15) is 18.5 Å². The lowest BCUT2D eigenvalue weighted by Gasteiger charge is -2.25. The van der Waals surface area contributed by atoms with E-state index in [0.29, 0.717) is 30.3 Å². The molecule has 1 aliphatic rings. The smallest absolute Gasteiger partial charge is 0.269 e. The van der Waals surface area contributed by atoms with Crippen LogP contribution in [0.5, 0.6) is 11.5 Å². The van der Waals surface area contributed by atoms with E-state index in [9.17, 15) is 18.5 Å². The van der Waals surface area contributed by atoms with Gasteiger partial charge in [-0.2, -0.15) is 4.31 Å². The summed E-state index contributed by atoms with van der Waals surface area (Å²) in [7, 11) is -2.38. The Bertz CT molecular complexity index is 944. The molecule has 9 heteroatoms. The van der Waals surface area contributed by atoms with Crippen LogP contribution in [0.4, 0.5) is 5.69 Å². The Morgan fingerprint density at radius 3 is 2.50 bits per heavy atom. The van der Waals surface area contributed by atoms with Crippen molar-refractivity contribution < 1.29 is 22.8 Å². The minimum Gasteiger partial charge on any atom is -0.486 e. The van der Waals surface area contributed by atoms with E-state index in [-0.39, 0.29) is 10.6 Å². The molecule has 0 amide bonds. The third-order valence-corrected chi connectivity index (χ3v) is 6.22. The molecule has 3 rings (SSSR count). The molecule has 0 bridgehead atoms. The summed E-state index contributed by atoms with van der Waals surface area (Å²) in [6.07, 6.45) is 0. The monoisotopic (exact) mass is 378 g/mol. The van der Waals surface area contributed by atoms with Gasteiger partial charge in [0.1, 0.15) is 13.2 Å². The van der Waals surface area contributed by atoms with Gasteiger partial charge in [-0.3, -0.25) is 10.1 Å². The van der Waals surface area contributed by atoms with Crippen LogP contribution in [0.15, 0.2) is 47.4 Å². The normalized spacial score (nSPS) is 14.9. The Morgan fingerprint density at radius 2 is 1.81 bits per heavy atom. The molecule has 0 spiro atoms. The zero-order valence-electron chi connectivity index (χ0n) is 14.3. The lowest BCUT2D eigenvalue weighted by Crippen LogP contribution is -2.30. The number of non-ortho nitro benzene ring substituents is 1. The maximum atomic E-state index is 12.9. The van der Waals surface area contributed by atoms with Crippen LogP contribution >= 0.6 is 0 Å². The largest absolute Gasteiger partial charge is 0.486 e. The average Bonchev–Trinajstić information content (AvgIpc) is 2.66. The number of nitrogens with zero attached hydrogens (tertiary/aromatic N) is 2. The lowest BCUT2D eigenvalue weighted by molar-refractivity contribution is -0.384. The van der Waals surface area contributed by atoms with Crippen molar-refractivity contribution in [1.82, 2.24) is 4.31 Å². The molecule has 1 aliphatic heterocycles. The molecule has 26 heavy (non-hydrogen) atoms. The van der Waals surface area contributed by atoms with Gasteiger partial charge in [0.25, 0.3) is 5.69 Å². The zero-order chi connectivity index (χ0) is 18.9. The SMILES string of the molecule is C[C@H](c1cccc([N+](=O)[O-])c1)N(C)S(=O)(=O)c1ccc2c(c1)OCCO2. The summed E-state index contributed by atoms with van der Waals surface area (Å²) in [4.78, 5) is 10.5. The average molecular weight is 378 g/mol. The van der Waals surface area contributed by atoms with Crippen LogP contribution in [-0.2, 0) is 10.0 Å². The first kappa shape index (κ1) is 18.2. The van der Waals surface area contributed by atoms with E-state index in [1.54, 1.807) is 19.1 Å². The summed E-state index contributed by atoms with van der Waals surface area (Å²) >= 11 is 0. The summed E-state index contributed by atoms with van der Waals surface area (Å²) in [6, 6.07) is 9.80. The van der Waals surface area contributed by atoms with Gasteiger partial charge in [-0.1, -0.05) is 12.1 Å². The summed E-state index contributed by atoms with van der Waals surface area (Å²) in [5.74, 6) is 0.887. The highest BCUT2D eigenvalue weighted by Gasteiger charge is 2.28.